The van der Waals surface area contributed by atoms with Crippen LogP contribution in [0.4, 0.5) is 5.69 Å². The van der Waals surface area contributed by atoms with Crippen molar-refractivity contribution in [2.45, 2.75) is 0 Å². The fourth-order valence-corrected chi connectivity index (χ4v) is 2.00. The Morgan fingerprint density at radius 3 is 2.19 bits per heavy atom. The first-order valence-corrected chi connectivity index (χ1v) is 6.29. The summed E-state index contributed by atoms with van der Waals surface area (Å²) in [7, 11) is 3.57. The van der Waals surface area contributed by atoms with Gasteiger partial charge in [0, 0.05) is 25.3 Å². The van der Waals surface area contributed by atoms with Crippen LogP contribution in [0.25, 0.3) is 0 Å². The maximum atomic E-state index is 12.4. The number of nitrogens with zero attached hydrogens (tertiary/aromatic N) is 1. The molecule has 2 aromatic carbocycles. The highest BCUT2D eigenvalue weighted by molar-refractivity contribution is 6.15. The van der Waals surface area contributed by atoms with Gasteiger partial charge in [0.15, 0.2) is 5.78 Å². The van der Waals surface area contributed by atoms with Crippen molar-refractivity contribution >= 4 is 17.4 Å². The van der Waals surface area contributed by atoms with Crippen LogP contribution in [0.5, 0.6) is 5.75 Å². The van der Waals surface area contributed by atoms with Gasteiger partial charge >= 0.3 is 5.97 Å². The van der Waals surface area contributed by atoms with E-state index in [4.69, 9.17) is 0 Å². The average Bonchev–Trinajstić information content (AvgIpc) is 2.46. The fourth-order valence-electron chi connectivity index (χ4n) is 2.00. The number of ketones is 1. The number of carboxylic acid groups (broad SMARTS) is 1. The summed E-state index contributed by atoms with van der Waals surface area (Å²) < 4.78 is 0. The van der Waals surface area contributed by atoms with Crippen molar-refractivity contribution in [3.05, 3.63) is 59.2 Å². The number of phenolic OH excluding ortho intramolecular Hbond substituents is 1. The Morgan fingerprint density at radius 1 is 0.952 bits per heavy atom. The van der Waals surface area contributed by atoms with Crippen LogP contribution in [0.3, 0.4) is 0 Å². The summed E-state index contributed by atoms with van der Waals surface area (Å²) >= 11 is 0. The molecule has 2 rings (SSSR count). The first kappa shape index (κ1) is 14.6. The molecule has 2 aromatic rings. The van der Waals surface area contributed by atoms with Gasteiger partial charge in [0.25, 0.3) is 0 Å². The monoisotopic (exact) mass is 285 g/mol. The fraction of sp³-hybridized carbons (Fsp3) is 0.125. The molecule has 0 aliphatic carbocycles. The second kappa shape index (κ2) is 5.66. The molecule has 0 amide bonds. The van der Waals surface area contributed by atoms with Crippen LogP contribution in [0.1, 0.15) is 26.3 Å². The smallest absolute Gasteiger partial charge is 0.336 e. The highest BCUT2D eigenvalue weighted by Gasteiger charge is 2.20. The van der Waals surface area contributed by atoms with E-state index >= 15 is 0 Å². The van der Waals surface area contributed by atoms with Gasteiger partial charge in [-0.1, -0.05) is 12.1 Å². The lowest BCUT2D eigenvalue weighted by molar-refractivity contribution is 0.0692. The molecule has 0 atom stereocenters. The SMILES string of the molecule is CN(C)c1ccc(C(=O)c2ccccc2O)c(C(=O)O)c1. The Hall–Kier alpha value is -2.82. The first-order valence-electron chi connectivity index (χ1n) is 6.29. The molecule has 0 unspecified atom stereocenters. The van der Waals surface area contributed by atoms with Crippen LogP contribution in [-0.4, -0.2) is 36.1 Å². The normalized spacial score (nSPS) is 10.2. The molecule has 0 heterocycles. The number of benzene rings is 2. The van der Waals surface area contributed by atoms with E-state index in [-0.39, 0.29) is 22.4 Å². The Balaban J connectivity index is 2.56. The third-order valence-corrected chi connectivity index (χ3v) is 3.14. The van der Waals surface area contributed by atoms with Crippen LogP contribution in [-0.2, 0) is 0 Å². The molecule has 0 aromatic heterocycles. The van der Waals surface area contributed by atoms with Gasteiger partial charge < -0.3 is 15.1 Å². The summed E-state index contributed by atoms with van der Waals surface area (Å²) in [5.74, 6) is -1.87. The number of carbonyl (C=O) groups excluding carboxylic acids is 1. The van der Waals surface area contributed by atoms with Gasteiger partial charge in [0.05, 0.1) is 11.1 Å². The Kier molecular flexibility index (Phi) is 3.93. The molecule has 5 nitrogen and oxygen atoms in total. The number of aromatic carboxylic acids is 1. The predicted molar refractivity (Wildman–Crippen MR) is 79.3 cm³/mol. The lowest BCUT2D eigenvalue weighted by Crippen LogP contribution is -2.14. The maximum Gasteiger partial charge on any atom is 0.336 e. The second-order valence-electron chi connectivity index (χ2n) is 4.78. The number of carbonyl (C=O) groups is 2. The molecule has 0 fully saturated rings. The van der Waals surface area contributed by atoms with Crippen molar-refractivity contribution in [1.29, 1.82) is 0 Å². The number of aromatic hydroxyl groups is 1. The van der Waals surface area contributed by atoms with E-state index < -0.39 is 11.8 Å². The summed E-state index contributed by atoms with van der Waals surface area (Å²) in [4.78, 5) is 25.6. The average molecular weight is 285 g/mol. The van der Waals surface area contributed by atoms with Crippen molar-refractivity contribution in [3.8, 4) is 5.75 Å². The van der Waals surface area contributed by atoms with Gasteiger partial charge in [0.1, 0.15) is 5.75 Å². The van der Waals surface area contributed by atoms with E-state index in [1.807, 2.05) is 0 Å². The van der Waals surface area contributed by atoms with Crippen molar-refractivity contribution in [1.82, 2.24) is 0 Å². The zero-order valence-electron chi connectivity index (χ0n) is 11.7. The molecule has 0 aliphatic rings. The molecule has 0 saturated heterocycles. The number of carboxylic acids is 1. The minimum absolute atomic E-state index is 0.0506. The van der Waals surface area contributed by atoms with Gasteiger partial charge in [-0.15, -0.1) is 0 Å². The van der Waals surface area contributed by atoms with Crippen LogP contribution in [0, 0.1) is 0 Å². The molecule has 0 bridgehead atoms. The van der Waals surface area contributed by atoms with Gasteiger partial charge in [-0.3, -0.25) is 4.79 Å². The van der Waals surface area contributed by atoms with E-state index in [2.05, 4.69) is 0 Å². The van der Waals surface area contributed by atoms with Crippen molar-refractivity contribution in [3.63, 3.8) is 0 Å². The highest BCUT2D eigenvalue weighted by atomic mass is 16.4. The Morgan fingerprint density at radius 2 is 1.62 bits per heavy atom. The summed E-state index contributed by atoms with van der Waals surface area (Å²) in [6, 6.07) is 10.6. The summed E-state index contributed by atoms with van der Waals surface area (Å²) in [5, 5.41) is 19.0. The number of anilines is 1. The van der Waals surface area contributed by atoms with E-state index in [0.29, 0.717) is 5.69 Å². The number of phenols is 1. The second-order valence-corrected chi connectivity index (χ2v) is 4.78. The Bertz CT molecular complexity index is 707. The molecule has 0 radical (unpaired) electrons. The van der Waals surface area contributed by atoms with Gasteiger partial charge in [-0.25, -0.2) is 4.79 Å². The quantitative estimate of drug-likeness (QED) is 0.843. The molecule has 108 valence electrons. The number of para-hydroxylation sites is 1. The van der Waals surface area contributed by atoms with Crippen molar-refractivity contribution < 1.29 is 19.8 Å². The molecule has 5 heteroatoms. The molecule has 21 heavy (non-hydrogen) atoms. The summed E-state index contributed by atoms with van der Waals surface area (Å²) in [6.07, 6.45) is 0. The first-order chi connectivity index (χ1) is 9.91. The number of hydrogen-bond acceptors (Lipinski definition) is 4. The van der Waals surface area contributed by atoms with E-state index in [1.165, 1.54) is 24.3 Å². The minimum Gasteiger partial charge on any atom is -0.507 e. The van der Waals surface area contributed by atoms with Crippen LogP contribution in [0.15, 0.2) is 42.5 Å². The highest BCUT2D eigenvalue weighted by Crippen LogP contribution is 2.24. The lowest BCUT2D eigenvalue weighted by Gasteiger charge is -2.15. The van der Waals surface area contributed by atoms with E-state index in [0.717, 1.165) is 0 Å². The standard InChI is InChI=1S/C16H15NO4/c1-17(2)10-7-8-11(13(9-10)16(20)21)15(19)12-5-3-4-6-14(12)18/h3-9,18H,1-2H3,(H,20,21). The van der Waals surface area contributed by atoms with E-state index in [1.54, 1.807) is 37.2 Å². The maximum absolute atomic E-state index is 12.4. The molecular formula is C16H15NO4. The zero-order valence-corrected chi connectivity index (χ0v) is 11.7. The Labute approximate surface area is 122 Å². The third kappa shape index (κ3) is 2.86. The van der Waals surface area contributed by atoms with Crippen molar-refractivity contribution in [2.75, 3.05) is 19.0 Å². The van der Waals surface area contributed by atoms with Gasteiger partial charge in [-0.05, 0) is 30.3 Å². The van der Waals surface area contributed by atoms with Gasteiger partial charge in [0.2, 0.25) is 0 Å². The topological polar surface area (TPSA) is 77.8 Å². The molecule has 0 spiro atoms. The molecule has 2 N–H and O–H groups in total. The van der Waals surface area contributed by atoms with Crippen LogP contribution in [0.2, 0.25) is 0 Å². The number of hydrogen-bond donors (Lipinski definition) is 2. The summed E-state index contributed by atoms with van der Waals surface area (Å²) in [6.45, 7) is 0. The molecule has 0 aliphatic heterocycles. The van der Waals surface area contributed by atoms with Crippen LogP contribution >= 0.6 is 0 Å². The zero-order chi connectivity index (χ0) is 15.6. The molecule has 0 saturated carbocycles. The van der Waals surface area contributed by atoms with Crippen LogP contribution < -0.4 is 4.90 Å². The third-order valence-electron chi connectivity index (χ3n) is 3.14. The molecular weight excluding hydrogens is 270 g/mol. The lowest BCUT2D eigenvalue weighted by atomic mass is 9.97. The largest absolute Gasteiger partial charge is 0.507 e. The predicted octanol–water partition coefficient (Wildman–Crippen LogP) is 2.39. The number of rotatable bonds is 4. The van der Waals surface area contributed by atoms with Crippen molar-refractivity contribution in [2.24, 2.45) is 0 Å². The summed E-state index contributed by atoms with van der Waals surface area (Å²) in [5.41, 5.74) is 0.725. The minimum atomic E-state index is -1.18. The van der Waals surface area contributed by atoms with E-state index in [9.17, 15) is 19.8 Å². The van der Waals surface area contributed by atoms with Gasteiger partial charge in [-0.2, -0.15) is 0 Å².